The Morgan fingerprint density at radius 2 is 1.67 bits per heavy atom. The van der Waals surface area contributed by atoms with Crippen LogP contribution >= 0.6 is 0 Å². The average Bonchev–Trinajstić information content (AvgIpc) is 2.23. The zero-order valence-electron chi connectivity index (χ0n) is 8.20. The van der Waals surface area contributed by atoms with Gasteiger partial charge in [-0.2, -0.15) is 0 Å². The van der Waals surface area contributed by atoms with Gasteiger partial charge in [-0.1, -0.05) is 0 Å². The SMILES string of the molecule is CC(O)C(O)[C@@H](N)C(=O)C(=O)[C@H](O)CO. The molecule has 15 heavy (non-hydrogen) atoms. The minimum atomic E-state index is -1.84. The molecular weight excluding hydrogens is 206 g/mol. The lowest BCUT2D eigenvalue weighted by atomic mass is 9.98. The van der Waals surface area contributed by atoms with E-state index in [1.54, 1.807) is 0 Å². The quantitative estimate of drug-likeness (QED) is 0.293. The standard InChI is InChI=1S/C8H15NO6/c1-3(11)6(13)5(9)8(15)7(14)4(12)2-10/h3-6,10-13H,2,9H2,1H3/t3?,4-,5-,6?/m1/s1. The van der Waals surface area contributed by atoms with Gasteiger partial charge in [0, 0.05) is 0 Å². The highest BCUT2D eigenvalue weighted by Crippen LogP contribution is 2.01. The number of hydrogen-bond donors (Lipinski definition) is 5. The third-order valence-corrected chi connectivity index (χ3v) is 1.88. The predicted octanol–water partition coefficient (Wildman–Crippen LogP) is -3.45. The molecule has 0 spiro atoms. The third-order valence-electron chi connectivity index (χ3n) is 1.88. The van der Waals surface area contributed by atoms with Crippen molar-refractivity contribution < 1.29 is 30.0 Å². The van der Waals surface area contributed by atoms with Crippen molar-refractivity contribution in [3.8, 4) is 0 Å². The molecule has 0 saturated carbocycles. The summed E-state index contributed by atoms with van der Waals surface area (Å²) in [4.78, 5) is 22.2. The molecule has 4 atom stereocenters. The first-order chi connectivity index (χ1) is 6.82. The van der Waals surface area contributed by atoms with Gasteiger partial charge in [-0.3, -0.25) is 9.59 Å². The largest absolute Gasteiger partial charge is 0.393 e. The molecule has 7 heteroatoms. The molecule has 0 fully saturated rings. The minimum Gasteiger partial charge on any atom is -0.393 e. The van der Waals surface area contributed by atoms with Crippen LogP contribution < -0.4 is 5.73 Å². The van der Waals surface area contributed by atoms with E-state index < -0.39 is 42.5 Å². The van der Waals surface area contributed by atoms with Crippen molar-refractivity contribution in [2.24, 2.45) is 5.73 Å². The molecule has 88 valence electrons. The van der Waals surface area contributed by atoms with Crippen LogP contribution in [-0.4, -0.2) is 63.0 Å². The second-order valence-electron chi connectivity index (χ2n) is 3.18. The summed E-state index contributed by atoms with van der Waals surface area (Å²) in [5.41, 5.74) is 5.18. The van der Waals surface area contributed by atoms with Crippen LogP contribution in [0.5, 0.6) is 0 Å². The van der Waals surface area contributed by atoms with Crippen LogP contribution in [0, 0.1) is 0 Å². The van der Waals surface area contributed by atoms with Gasteiger partial charge < -0.3 is 26.2 Å². The molecule has 0 bridgehead atoms. The molecule has 0 aromatic carbocycles. The predicted molar refractivity (Wildman–Crippen MR) is 48.8 cm³/mol. The van der Waals surface area contributed by atoms with Crippen molar-refractivity contribution in [3.05, 3.63) is 0 Å². The Labute approximate surface area is 86.1 Å². The molecule has 7 nitrogen and oxygen atoms in total. The Balaban J connectivity index is 4.51. The number of carbonyl (C=O) groups excluding carboxylic acids is 2. The summed E-state index contributed by atoms with van der Waals surface area (Å²) < 4.78 is 0. The fourth-order valence-electron chi connectivity index (χ4n) is 0.867. The second kappa shape index (κ2) is 5.89. The molecule has 2 unspecified atom stereocenters. The normalized spacial score (nSPS) is 19.1. The van der Waals surface area contributed by atoms with Crippen LogP contribution in [0.1, 0.15) is 6.92 Å². The van der Waals surface area contributed by atoms with E-state index in [0.717, 1.165) is 0 Å². The smallest absolute Gasteiger partial charge is 0.230 e. The molecule has 0 heterocycles. The summed E-state index contributed by atoms with van der Waals surface area (Å²) in [6.45, 7) is 0.298. The van der Waals surface area contributed by atoms with Crippen LogP contribution in [0.25, 0.3) is 0 Å². The lowest BCUT2D eigenvalue weighted by Gasteiger charge is -2.19. The van der Waals surface area contributed by atoms with Gasteiger partial charge in [0.2, 0.25) is 11.6 Å². The molecule has 0 aliphatic rings. The summed E-state index contributed by atoms with van der Waals surface area (Å²) >= 11 is 0. The van der Waals surface area contributed by atoms with Crippen molar-refractivity contribution in [2.75, 3.05) is 6.61 Å². The van der Waals surface area contributed by atoms with Gasteiger partial charge in [0.15, 0.2) is 0 Å². The Morgan fingerprint density at radius 3 is 2.00 bits per heavy atom. The third kappa shape index (κ3) is 3.65. The highest BCUT2D eigenvalue weighted by molar-refractivity contribution is 6.40. The maximum Gasteiger partial charge on any atom is 0.230 e. The van der Waals surface area contributed by atoms with E-state index in [9.17, 15) is 14.7 Å². The molecule has 0 aliphatic carbocycles. The van der Waals surface area contributed by atoms with Crippen LogP contribution in [0.2, 0.25) is 0 Å². The summed E-state index contributed by atoms with van der Waals surface area (Å²) in [5.74, 6) is -2.52. The van der Waals surface area contributed by atoms with E-state index in [4.69, 9.17) is 21.1 Å². The van der Waals surface area contributed by atoms with Gasteiger partial charge in [-0.25, -0.2) is 0 Å². The van der Waals surface area contributed by atoms with Crippen LogP contribution in [0.15, 0.2) is 0 Å². The number of carbonyl (C=O) groups is 2. The summed E-state index contributed by atoms with van der Waals surface area (Å²) in [6, 6.07) is -1.61. The molecule has 6 N–H and O–H groups in total. The second-order valence-corrected chi connectivity index (χ2v) is 3.18. The molecule has 0 rings (SSSR count). The molecule has 0 aromatic rings. The first-order valence-electron chi connectivity index (χ1n) is 4.31. The van der Waals surface area contributed by atoms with Gasteiger partial charge in [-0.15, -0.1) is 0 Å². The minimum absolute atomic E-state index is 0.901. The maximum absolute atomic E-state index is 11.2. The summed E-state index contributed by atoms with van der Waals surface area (Å²) in [5, 5.41) is 35.3. The molecule has 0 radical (unpaired) electrons. The zero-order chi connectivity index (χ0) is 12.2. The topological polar surface area (TPSA) is 141 Å². The first kappa shape index (κ1) is 14.1. The fraction of sp³-hybridized carbons (Fsp3) is 0.750. The average molecular weight is 221 g/mol. The maximum atomic E-state index is 11.2. The van der Waals surface area contributed by atoms with E-state index in [-0.39, 0.29) is 0 Å². The lowest BCUT2D eigenvalue weighted by Crippen LogP contribution is -2.52. The Morgan fingerprint density at radius 1 is 1.20 bits per heavy atom. The number of hydrogen-bond acceptors (Lipinski definition) is 7. The summed E-state index contributed by atoms with van der Waals surface area (Å²) in [7, 11) is 0. The van der Waals surface area contributed by atoms with Crippen LogP contribution in [0.3, 0.4) is 0 Å². The Kier molecular flexibility index (Phi) is 5.55. The highest BCUT2D eigenvalue weighted by atomic mass is 16.3. The van der Waals surface area contributed by atoms with E-state index >= 15 is 0 Å². The number of aliphatic hydroxyl groups excluding tert-OH is 4. The van der Waals surface area contributed by atoms with Gasteiger partial charge in [-0.05, 0) is 6.92 Å². The van der Waals surface area contributed by atoms with Crippen LogP contribution in [0.4, 0.5) is 0 Å². The summed E-state index contributed by atoms with van der Waals surface area (Å²) in [6.07, 6.45) is -4.71. The van der Waals surface area contributed by atoms with E-state index in [2.05, 4.69) is 0 Å². The lowest BCUT2D eigenvalue weighted by molar-refractivity contribution is -0.145. The van der Waals surface area contributed by atoms with Gasteiger partial charge in [0.25, 0.3) is 0 Å². The number of ketones is 2. The van der Waals surface area contributed by atoms with Crippen LogP contribution in [-0.2, 0) is 9.59 Å². The van der Waals surface area contributed by atoms with Crippen molar-refractivity contribution in [3.63, 3.8) is 0 Å². The number of Topliss-reactive ketones (excluding diaryl/α,β-unsaturated/α-hetero) is 2. The molecule has 0 amide bonds. The van der Waals surface area contributed by atoms with Crippen molar-refractivity contribution in [1.29, 1.82) is 0 Å². The number of nitrogens with two attached hydrogens (primary N) is 1. The first-order valence-corrected chi connectivity index (χ1v) is 4.31. The highest BCUT2D eigenvalue weighted by Gasteiger charge is 2.33. The Hall–Kier alpha value is -0.860. The Bertz CT molecular complexity index is 241. The van der Waals surface area contributed by atoms with Gasteiger partial charge >= 0.3 is 0 Å². The molecule has 0 saturated heterocycles. The van der Waals surface area contributed by atoms with Gasteiger partial charge in [0.1, 0.15) is 18.2 Å². The van der Waals surface area contributed by atoms with Gasteiger partial charge in [0.05, 0.1) is 12.7 Å². The zero-order valence-corrected chi connectivity index (χ0v) is 8.20. The fourth-order valence-corrected chi connectivity index (χ4v) is 0.867. The molecular formula is C8H15NO6. The van der Waals surface area contributed by atoms with Crippen molar-refractivity contribution in [1.82, 2.24) is 0 Å². The molecule has 0 aliphatic heterocycles. The van der Waals surface area contributed by atoms with Crippen molar-refractivity contribution >= 4 is 11.6 Å². The van der Waals surface area contributed by atoms with Crippen molar-refractivity contribution in [2.45, 2.75) is 31.3 Å². The van der Waals surface area contributed by atoms with E-state index in [1.165, 1.54) is 6.92 Å². The van der Waals surface area contributed by atoms with E-state index in [0.29, 0.717) is 0 Å². The number of aliphatic hydroxyl groups is 4. The molecule has 0 aromatic heterocycles. The monoisotopic (exact) mass is 221 g/mol. The number of rotatable bonds is 6. The van der Waals surface area contributed by atoms with E-state index in [1.807, 2.05) is 0 Å².